The molecule has 0 radical (unpaired) electrons. The first-order valence-electron chi connectivity index (χ1n) is 5.64. The van der Waals surface area contributed by atoms with Gasteiger partial charge in [-0.2, -0.15) is 0 Å². The average molecular weight is 237 g/mol. The molecule has 0 saturated carbocycles. The van der Waals surface area contributed by atoms with Crippen molar-refractivity contribution >= 4 is 18.3 Å². The second-order valence-electron chi connectivity index (χ2n) is 5.33. The Bertz CT molecular complexity index is 432. The highest BCUT2D eigenvalue weighted by Gasteiger charge is 2.52. The number of para-hydroxylation sites is 1. The molecule has 0 unspecified atom stereocenters. The van der Waals surface area contributed by atoms with Gasteiger partial charge in [-0.25, -0.2) is 4.39 Å². The molecule has 3 nitrogen and oxygen atoms in total. The molecule has 17 heavy (non-hydrogen) atoms. The Labute approximate surface area is 101 Å². The normalized spacial score (nSPS) is 21.8. The number of halogens is 1. The molecule has 1 aromatic carbocycles. The van der Waals surface area contributed by atoms with Gasteiger partial charge in [0.1, 0.15) is 5.82 Å². The minimum atomic E-state index is -0.615. The highest BCUT2D eigenvalue weighted by molar-refractivity contribution is 6.63. The number of rotatable bonds is 1. The van der Waals surface area contributed by atoms with Crippen LogP contribution in [0.3, 0.4) is 0 Å². The quantitative estimate of drug-likeness (QED) is 0.597. The fourth-order valence-electron chi connectivity index (χ4n) is 1.73. The van der Waals surface area contributed by atoms with Gasteiger partial charge in [0.2, 0.25) is 0 Å². The van der Waals surface area contributed by atoms with Crippen molar-refractivity contribution in [3.63, 3.8) is 0 Å². The standard InChI is InChI=1S/C12H17BFNO2/c1-11(2)12(3,4)17-13(16-11)8-6-5-7-9(14)10(8)15/h5-7H,15H2,1-4H3. The molecule has 1 heterocycles. The Morgan fingerprint density at radius 2 is 1.65 bits per heavy atom. The fourth-order valence-corrected chi connectivity index (χ4v) is 1.73. The van der Waals surface area contributed by atoms with E-state index in [1.807, 2.05) is 27.7 Å². The molecule has 0 aromatic heterocycles. The lowest BCUT2D eigenvalue weighted by Crippen LogP contribution is -2.41. The number of nitrogen functional groups attached to an aromatic ring is 1. The number of hydrogen-bond acceptors (Lipinski definition) is 3. The van der Waals surface area contributed by atoms with Crippen molar-refractivity contribution in [2.75, 3.05) is 5.73 Å². The van der Waals surface area contributed by atoms with Crippen molar-refractivity contribution in [1.82, 2.24) is 0 Å². The maximum atomic E-state index is 13.4. The third kappa shape index (κ3) is 1.94. The maximum Gasteiger partial charge on any atom is 0.497 e. The van der Waals surface area contributed by atoms with E-state index in [-0.39, 0.29) is 5.69 Å². The second kappa shape index (κ2) is 3.72. The molecule has 92 valence electrons. The van der Waals surface area contributed by atoms with Gasteiger partial charge >= 0.3 is 7.12 Å². The average Bonchev–Trinajstić information content (AvgIpc) is 2.40. The Morgan fingerprint density at radius 1 is 1.12 bits per heavy atom. The molecule has 1 aliphatic heterocycles. The lowest BCUT2D eigenvalue weighted by molar-refractivity contribution is 0.00578. The van der Waals surface area contributed by atoms with Crippen molar-refractivity contribution in [2.45, 2.75) is 38.9 Å². The van der Waals surface area contributed by atoms with Crippen LogP contribution in [0.5, 0.6) is 0 Å². The molecule has 0 aliphatic carbocycles. The second-order valence-corrected chi connectivity index (χ2v) is 5.33. The van der Waals surface area contributed by atoms with Gasteiger partial charge in [0.05, 0.1) is 16.9 Å². The Morgan fingerprint density at radius 3 is 2.18 bits per heavy atom. The molecule has 5 heteroatoms. The van der Waals surface area contributed by atoms with Crippen LogP contribution in [-0.4, -0.2) is 18.3 Å². The largest absolute Gasteiger partial charge is 0.497 e. The maximum absolute atomic E-state index is 13.4. The summed E-state index contributed by atoms with van der Waals surface area (Å²) in [6.45, 7) is 7.79. The highest BCUT2D eigenvalue weighted by Crippen LogP contribution is 2.36. The molecule has 0 spiro atoms. The summed E-state index contributed by atoms with van der Waals surface area (Å²) in [5, 5.41) is 0. The van der Waals surface area contributed by atoms with Gasteiger partial charge in [-0.1, -0.05) is 12.1 Å². The summed E-state index contributed by atoms with van der Waals surface area (Å²) in [6.07, 6.45) is 0. The van der Waals surface area contributed by atoms with Crippen molar-refractivity contribution < 1.29 is 13.7 Å². The van der Waals surface area contributed by atoms with Crippen LogP contribution in [0.2, 0.25) is 0 Å². The summed E-state index contributed by atoms with van der Waals surface area (Å²) >= 11 is 0. The van der Waals surface area contributed by atoms with Gasteiger partial charge < -0.3 is 15.0 Å². The number of benzene rings is 1. The molecular formula is C12H17BFNO2. The van der Waals surface area contributed by atoms with Crippen LogP contribution in [0.1, 0.15) is 27.7 Å². The van der Waals surface area contributed by atoms with E-state index in [9.17, 15) is 4.39 Å². The zero-order valence-electron chi connectivity index (χ0n) is 10.6. The Hall–Kier alpha value is -1.07. The van der Waals surface area contributed by atoms with Crippen LogP contribution in [0.25, 0.3) is 0 Å². The third-order valence-electron chi connectivity index (χ3n) is 3.59. The summed E-state index contributed by atoms with van der Waals surface area (Å²) in [6, 6.07) is 4.65. The predicted octanol–water partition coefficient (Wildman–Crippen LogP) is 1.71. The summed E-state index contributed by atoms with van der Waals surface area (Å²) < 4.78 is 25.0. The minimum Gasteiger partial charge on any atom is -0.399 e. The number of anilines is 1. The topological polar surface area (TPSA) is 44.5 Å². The predicted molar refractivity (Wildman–Crippen MR) is 66.5 cm³/mol. The minimum absolute atomic E-state index is 0.0889. The summed E-state index contributed by atoms with van der Waals surface area (Å²) in [4.78, 5) is 0. The Balaban J connectivity index is 2.36. The lowest BCUT2D eigenvalue weighted by Gasteiger charge is -2.32. The Kier molecular flexibility index (Phi) is 2.71. The molecule has 1 aliphatic rings. The van der Waals surface area contributed by atoms with E-state index < -0.39 is 24.1 Å². The smallest absolute Gasteiger partial charge is 0.399 e. The van der Waals surface area contributed by atoms with Gasteiger partial charge in [0.25, 0.3) is 0 Å². The summed E-state index contributed by atoms with van der Waals surface area (Å²) in [5.41, 5.74) is 5.44. The van der Waals surface area contributed by atoms with Gasteiger partial charge in [0.15, 0.2) is 0 Å². The monoisotopic (exact) mass is 237 g/mol. The molecule has 1 saturated heterocycles. The molecule has 0 bridgehead atoms. The van der Waals surface area contributed by atoms with E-state index in [2.05, 4.69) is 0 Å². The highest BCUT2D eigenvalue weighted by atomic mass is 19.1. The third-order valence-corrected chi connectivity index (χ3v) is 3.59. The van der Waals surface area contributed by atoms with E-state index in [1.54, 1.807) is 12.1 Å². The van der Waals surface area contributed by atoms with Crippen LogP contribution in [-0.2, 0) is 9.31 Å². The van der Waals surface area contributed by atoms with Crippen LogP contribution in [0, 0.1) is 5.82 Å². The van der Waals surface area contributed by atoms with Gasteiger partial charge in [-0.05, 0) is 33.8 Å². The van der Waals surface area contributed by atoms with Crippen molar-refractivity contribution in [1.29, 1.82) is 0 Å². The summed E-state index contributed by atoms with van der Waals surface area (Å²) in [7, 11) is -0.615. The zero-order valence-corrected chi connectivity index (χ0v) is 10.6. The molecule has 2 N–H and O–H groups in total. The SMILES string of the molecule is CC1(C)OB(c2cccc(F)c2N)OC1(C)C. The van der Waals surface area contributed by atoms with Gasteiger partial charge in [-0.15, -0.1) is 0 Å². The first kappa shape index (κ1) is 12.4. The van der Waals surface area contributed by atoms with Crippen LogP contribution >= 0.6 is 0 Å². The first-order valence-corrected chi connectivity index (χ1v) is 5.64. The van der Waals surface area contributed by atoms with E-state index in [1.165, 1.54) is 6.07 Å². The molecular weight excluding hydrogens is 220 g/mol. The van der Waals surface area contributed by atoms with Crippen LogP contribution in [0.4, 0.5) is 10.1 Å². The molecule has 1 aromatic rings. The molecule has 1 fully saturated rings. The first-order chi connectivity index (χ1) is 7.74. The zero-order chi connectivity index (χ0) is 12.8. The molecule has 0 amide bonds. The van der Waals surface area contributed by atoms with Gasteiger partial charge in [-0.3, -0.25) is 0 Å². The van der Waals surface area contributed by atoms with Crippen LogP contribution in [0.15, 0.2) is 18.2 Å². The van der Waals surface area contributed by atoms with E-state index >= 15 is 0 Å². The fraction of sp³-hybridized carbons (Fsp3) is 0.500. The van der Waals surface area contributed by atoms with E-state index in [0.717, 1.165) is 0 Å². The van der Waals surface area contributed by atoms with E-state index in [0.29, 0.717) is 5.46 Å². The van der Waals surface area contributed by atoms with Crippen molar-refractivity contribution in [3.05, 3.63) is 24.0 Å². The van der Waals surface area contributed by atoms with E-state index in [4.69, 9.17) is 15.0 Å². The number of nitrogens with two attached hydrogens (primary N) is 1. The molecule has 2 rings (SSSR count). The van der Waals surface area contributed by atoms with Crippen molar-refractivity contribution in [2.24, 2.45) is 0 Å². The molecule has 0 atom stereocenters. The van der Waals surface area contributed by atoms with Gasteiger partial charge in [0, 0.05) is 5.46 Å². The number of hydrogen-bond donors (Lipinski definition) is 1. The lowest BCUT2D eigenvalue weighted by atomic mass is 9.78. The summed E-state index contributed by atoms with van der Waals surface area (Å²) in [5.74, 6) is -0.447. The van der Waals surface area contributed by atoms with Crippen molar-refractivity contribution in [3.8, 4) is 0 Å². The van der Waals surface area contributed by atoms with Crippen LogP contribution < -0.4 is 11.2 Å².